The highest BCUT2D eigenvalue weighted by molar-refractivity contribution is 5.30. The van der Waals surface area contributed by atoms with E-state index in [1.807, 2.05) is 14.0 Å². The van der Waals surface area contributed by atoms with Gasteiger partial charge < -0.3 is 10.1 Å². The van der Waals surface area contributed by atoms with Crippen LogP contribution in [0.2, 0.25) is 0 Å². The summed E-state index contributed by atoms with van der Waals surface area (Å²) in [6, 6.07) is 11.1. The summed E-state index contributed by atoms with van der Waals surface area (Å²) < 4.78 is 7.21. The lowest BCUT2D eigenvalue weighted by Crippen LogP contribution is -2.26. The first-order chi connectivity index (χ1) is 10.1. The monoisotopic (exact) mass is 287 g/mol. The van der Waals surface area contributed by atoms with Crippen molar-refractivity contribution < 1.29 is 4.74 Å². The van der Waals surface area contributed by atoms with Crippen LogP contribution in [-0.4, -0.2) is 22.9 Å². The molecule has 0 aliphatic rings. The molecule has 1 unspecified atom stereocenters. The number of nitrogens with one attached hydrogen (secondary N) is 1. The topological polar surface area (TPSA) is 39.1 Å². The molecule has 0 aliphatic heterocycles. The smallest absolute Gasteiger partial charge is 0.216 e. The first-order valence-corrected chi connectivity index (χ1v) is 7.45. The van der Waals surface area contributed by atoms with E-state index < -0.39 is 0 Å². The molecular formula is C17H25N3O. The maximum absolute atomic E-state index is 5.42. The third kappa shape index (κ3) is 4.08. The Hall–Kier alpha value is -1.81. The maximum atomic E-state index is 5.42. The zero-order valence-electron chi connectivity index (χ0n) is 13.4. The van der Waals surface area contributed by atoms with Crippen molar-refractivity contribution in [2.75, 3.05) is 7.11 Å². The van der Waals surface area contributed by atoms with Gasteiger partial charge in [0.05, 0.1) is 18.4 Å². The Labute approximate surface area is 127 Å². The SMILES string of the molecule is COc1c(CNC(C)CCc2ccccc2)c(C)nn1C. The molecule has 1 atom stereocenters. The van der Waals surface area contributed by atoms with Crippen LogP contribution in [0.15, 0.2) is 30.3 Å². The summed E-state index contributed by atoms with van der Waals surface area (Å²) in [5, 5.41) is 7.97. The van der Waals surface area contributed by atoms with Crippen LogP contribution in [0.1, 0.15) is 30.2 Å². The van der Waals surface area contributed by atoms with Crippen molar-refractivity contribution in [3.63, 3.8) is 0 Å². The summed E-state index contributed by atoms with van der Waals surface area (Å²) in [7, 11) is 3.60. The van der Waals surface area contributed by atoms with Gasteiger partial charge in [-0.05, 0) is 32.3 Å². The number of hydrogen-bond acceptors (Lipinski definition) is 3. The first kappa shape index (κ1) is 15.6. The van der Waals surface area contributed by atoms with Gasteiger partial charge >= 0.3 is 0 Å². The van der Waals surface area contributed by atoms with Gasteiger partial charge in [-0.15, -0.1) is 0 Å². The Morgan fingerprint density at radius 2 is 2.00 bits per heavy atom. The van der Waals surface area contributed by atoms with Gasteiger partial charge in [-0.25, -0.2) is 4.68 Å². The Balaban J connectivity index is 1.85. The molecule has 0 aliphatic carbocycles. The van der Waals surface area contributed by atoms with Crippen molar-refractivity contribution >= 4 is 0 Å². The predicted octanol–water partition coefficient (Wildman–Crippen LogP) is 2.85. The van der Waals surface area contributed by atoms with E-state index in [4.69, 9.17) is 4.74 Å². The Morgan fingerprint density at radius 3 is 2.67 bits per heavy atom. The van der Waals surface area contributed by atoms with E-state index >= 15 is 0 Å². The second-order valence-electron chi connectivity index (χ2n) is 5.50. The van der Waals surface area contributed by atoms with Crippen molar-refractivity contribution in [3.8, 4) is 5.88 Å². The van der Waals surface area contributed by atoms with Crippen LogP contribution in [-0.2, 0) is 20.0 Å². The molecule has 1 aromatic carbocycles. The van der Waals surface area contributed by atoms with Crippen molar-refractivity contribution in [1.82, 2.24) is 15.1 Å². The molecule has 4 heteroatoms. The van der Waals surface area contributed by atoms with Crippen LogP contribution < -0.4 is 10.1 Å². The van der Waals surface area contributed by atoms with Gasteiger partial charge in [0, 0.05) is 19.6 Å². The van der Waals surface area contributed by atoms with E-state index in [-0.39, 0.29) is 0 Å². The van der Waals surface area contributed by atoms with Crippen molar-refractivity contribution in [3.05, 3.63) is 47.2 Å². The number of aryl methyl sites for hydroxylation is 3. The van der Waals surface area contributed by atoms with E-state index in [0.29, 0.717) is 6.04 Å². The highest BCUT2D eigenvalue weighted by Crippen LogP contribution is 2.20. The molecule has 0 saturated heterocycles. The lowest BCUT2D eigenvalue weighted by molar-refractivity contribution is 0.366. The lowest BCUT2D eigenvalue weighted by atomic mass is 10.1. The van der Waals surface area contributed by atoms with Gasteiger partial charge in [0.1, 0.15) is 0 Å². The molecule has 0 fully saturated rings. The standard InChI is InChI=1S/C17H25N3O/c1-13(10-11-15-8-6-5-7-9-15)18-12-16-14(2)19-20(3)17(16)21-4/h5-9,13,18H,10-12H2,1-4H3. The minimum absolute atomic E-state index is 0.453. The molecule has 0 bridgehead atoms. The van der Waals surface area contributed by atoms with Gasteiger partial charge in [-0.2, -0.15) is 5.10 Å². The lowest BCUT2D eigenvalue weighted by Gasteiger charge is -2.14. The largest absolute Gasteiger partial charge is 0.481 e. The molecule has 1 N–H and O–H groups in total. The van der Waals surface area contributed by atoms with Gasteiger partial charge in [-0.1, -0.05) is 30.3 Å². The van der Waals surface area contributed by atoms with Crippen molar-refractivity contribution in [1.29, 1.82) is 0 Å². The van der Waals surface area contributed by atoms with Crippen molar-refractivity contribution in [2.45, 2.75) is 39.3 Å². The van der Waals surface area contributed by atoms with E-state index in [1.54, 1.807) is 11.8 Å². The van der Waals surface area contributed by atoms with E-state index in [2.05, 4.69) is 47.7 Å². The number of methoxy groups -OCH3 is 1. The average Bonchev–Trinajstić information content (AvgIpc) is 2.77. The van der Waals surface area contributed by atoms with Crippen LogP contribution in [0.25, 0.3) is 0 Å². The minimum atomic E-state index is 0.453. The number of benzene rings is 1. The average molecular weight is 287 g/mol. The number of rotatable bonds is 7. The normalized spacial score (nSPS) is 12.4. The van der Waals surface area contributed by atoms with Crippen LogP contribution in [0.3, 0.4) is 0 Å². The fourth-order valence-electron chi connectivity index (χ4n) is 2.55. The van der Waals surface area contributed by atoms with Crippen LogP contribution in [0.5, 0.6) is 5.88 Å². The third-order valence-corrected chi connectivity index (χ3v) is 3.82. The highest BCUT2D eigenvalue weighted by Gasteiger charge is 2.14. The molecular weight excluding hydrogens is 262 g/mol. The van der Waals surface area contributed by atoms with Gasteiger partial charge in [0.2, 0.25) is 5.88 Å². The van der Waals surface area contributed by atoms with Gasteiger partial charge in [0.15, 0.2) is 0 Å². The third-order valence-electron chi connectivity index (χ3n) is 3.82. The molecule has 0 spiro atoms. The number of hydrogen-bond donors (Lipinski definition) is 1. The van der Waals surface area contributed by atoms with E-state index in [9.17, 15) is 0 Å². The number of aromatic nitrogens is 2. The fourth-order valence-corrected chi connectivity index (χ4v) is 2.55. The molecule has 2 rings (SSSR count). The summed E-state index contributed by atoms with van der Waals surface area (Å²) >= 11 is 0. The Morgan fingerprint density at radius 1 is 1.29 bits per heavy atom. The van der Waals surface area contributed by atoms with Crippen LogP contribution >= 0.6 is 0 Å². The summed E-state index contributed by atoms with van der Waals surface area (Å²) in [5.74, 6) is 0.843. The molecule has 2 aromatic rings. The molecule has 0 radical (unpaired) electrons. The summed E-state index contributed by atoms with van der Waals surface area (Å²) in [6.45, 7) is 5.04. The quantitative estimate of drug-likeness (QED) is 0.851. The zero-order valence-corrected chi connectivity index (χ0v) is 13.4. The van der Waals surface area contributed by atoms with Gasteiger partial charge in [0.25, 0.3) is 0 Å². The highest BCUT2D eigenvalue weighted by atomic mass is 16.5. The fraction of sp³-hybridized carbons (Fsp3) is 0.471. The molecule has 114 valence electrons. The van der Waals surface area contributed by atoms with E-state index in [1.165, 1.54) is 5.56 Å². The zero-order chi connectivity index (χ0) is 15.2. The second-order valence-corrected chi connectivity index (χ2v) is 5.50. The molecule has 4 nitrogen and oxygen atoms in total. The summed E-state index contributed by atoms with van der Waals surface area (Å²) in [5.41, 5.74) is 3.56. The van der Waals surface area contributed by atoms with Crippen LogP contribution in [0, 0.1) is 6.92 Å². The maximum Gasteiger partial charge on any atom is 0.216 e. The minimum Gasteiger partial charge on any atom is -0.481 e. The second kappa shape index (κ2) is 7.27. The van der Waals surface area contributed by atoms with E-state index in [0.717, 1.165) is 36.5 Å². The number of nitrogens with zero attached hydrogens (tertiary/aromatic N) is 2. The van der Waals surface area contributed by atoms with Crippen LogP contribution in [0.4, 0.5) is 0 Å². The Kier molecular flexibility index (Phi) is 5.39. The number of ether oxygens (including phenoxy) is 1. The van der Waals surface area contributed by atoms with Gasteiger partial charge in [-0.3, -0.25) is 0 Å². The molecule has 0 saturated carbocycles. The Bertz CT molecular complexity index is 563. The molecule has 0 amide bonds. The molecule has 1 heterocycles. The van der Waals surface area contributed by atoms with Crippen molar-refractivity contribution in [2.24, 2.45) is 7.05 Å². The molecule has 1 aromatic heterocycles. The molecule has 21 heavy (non-hydrogen) atoms. The first-order valence-electron chi connectivity index (χ1n) is 7.45. The summed E-state index contributed by atoms with van der Waals surface area (Å²) in [4.78, 5) is 0. The predicted molar refractivity (Wildman–Crippen MR) is 85.6 cm³/mol. The summed E-state index contributed by atoms with van der Waals surface area (Å²) in [6.07, 6.45) is 2.21.